The van der Waals surface area contributed by atoms with Crippen LogP contribution in [-0.2, 0) is 6.54 Å². The molecule has 0 fully saturated rings. The molecule has 7 nitrogen and oxygen atoms in total. The predicted octanol–water partition coefficient (Wildman–Crippen LogP) is 4.01. The summed E-state index contributed by atoms with van der Waals surface area (Å²) < 4.78 is 13.3. The highest BCUT2D eigenvalue weighted by Crippen LogP contribution is 2.22. The fraction of sp³-hybridized carbons (Fsp3) is 0.208. The number of amides is 1. The smallest absolute Gasteiger partial charge is 0.253 e. The first-order valence-electron chi connectivity index (χ1n) is 10.1. The van der Waals surface area contributed by atoms with Crippen molar-refractivity contribution < 1.29 is 14.3 Å². The SMILES string of the molecule is COc1cccc(OCCn2c(C(C)NC(=O)c3cccnc3)nc3ccccc32)c1. The van der Waals surface area contributed by atoms with Crippen molar-refractivity contribution in [3.63, 3.8) is 0 Å². The lowest BCUT2D eigenvalue weighted by molar-refractivity contribution is 0.0937. The van der Waals surface area contributed by atoms with Crippen molar-refractivity contribution in [2.24, 2.45) is 0 Å². The van der Waals surface area contributed by atoms with E-state index in [0.29, 0.717) is 18.7 Å². The number of para-hydroxylation sites is 2. The van der Waals surface area contributed by atoms with Crippen LogP contribution in [0.5, 0.6) is 11.5 Å². The second-order valence-electron chi connectivity index (χ2n) is 7.07. The molecule has 0 aliphatic heterocycles. The third-order valence-corrected chi connectivity index (χ3v) is 4.97. The number of carbonyl (C=O) groups is 1. The van der Waals surface area contributed by atoms with Gasteiger partial charge in [-0.15, -0.1) is 0 Å². The molecule has 31 heavy (non-hydrogen) atoms. The van der Waals surface area contributed by atoms with E-state index < -0.39 is 0 Å². The molecule has 0 aliphatic carbocycles. The van der Waals surface area contributed by atoms with Gasteiger partial charge in [0.1, 0.15) is 23.9 Å². The summed E-state index contributed by atoms with van der Waals surface area (Å²) in [6, 6.07) is 18.6. The van der Waals surface area contributed by atoms with E-state index in [1.54, 1.807) is 31.6 Å². The minimum absolute atomic E-state index is 0.188. The standard InChI is InChI=1S/C24H24N4O3/c1-17(26-24(29)18-7-6-12-25-16-18)23-27-21-10-3-4-11-22(21)28(23)13-14-31-20-9-5-8-19(15-20)30-2/h3-12,15-17H,13-14H2,1-2H3,(H,26,29). The van der Waals surface area contributed by atoms with Gasteiger partial charge in [0.05, 0.1) is 36.3 Å². The Hall–Kier alpha value is -3.87. The predicted molar refractivity (Wildman–Crippen MR) is 118 cm³/mol. The van der Waals surface area contributed by atoms with Crippen LogP contribution in [0.15, 0.2) is 73.1 Å². The molecule has 4 rings (SSSR count). The number of rotatable bonds is 8. The van der Waals surface area contributed by atoms with Crippen molar-refractivity contribution in [3.05, 3.63) is 84.4 Å². The molecule has 2 aromatic heterocycles. The Morgan fingerprint density at radius 3 is 2.74 bits per heavy atom. The second kappa shape index (κ2) is 9.30. The van der Waals surface area contributed by atoms with Gasteiger partial charge in [0.15, 0.2) is 0 Å². The lowest BCUT2D eigenvalue weighted by atomic mass is 10.2. The van der Waals surface area contributed by atoms with Gasteiger partial charge in [-0.3, -0.25) is 9.78 Å². The number of ether oxygens (including phenoxy) is 2. The van der Waals surface area contributed by atoms with Crippen LogP contribution in [0.2, 0.25) is 0 Å². The van der Waals surface area contributed by atoms with Crippen LogP contribution in [0.1, 0.15) is 29.1 Å². The van der Waals surface area contributed by atoms with Gasteiger partial charge in [-0.1, -0.05) is 18.2 Å². The Kier molecular flexibility index (Phi) is 6.12. The van der Waals surface area contributed by atoms with Crippen LogP contribution in [-0.4, -0.2) is 34.2 Å². The van der Waals surface area contributed by atoms with Gasteiger partial charge >= 0.3 is 0 Å². The van der Waals surface area contributed by atoms with Crippen LogP contribution in [0, 0.1) is 0 Å². The molecular weight excluding hydrogens is 392 g/mol. The summed E-state index contributed by atoms with van der Waals surface area (Å²) in [5.74, 6) is 2.07. The Bertz CT molecular complexity index is 1170. The first-order chi connectivity index (χ1) is 15.2. The van der Waals surface area contributed by atoms with Crippen LogP contribution in [0.25, 0.3) is 11.0 Å². The highest BCUT2D eigenvalue weighted by atomic mass is 16.5. The van der Waals surface area contributed by atoms with E-state index in [9.17, 15) is 4.79 Å². The fourth-order valence-corrected chi connectivity index (χ4v) is 3.45. The Morgan fingerprint density at radius 2 is 1.94 bits per heavy atom. The number of aromatic nitrogens is 3. The van der Waals surface area contributed by atoms with E-state index in [4.69, 9.17) is 14.5 Å². The van der Waals surface area contributed by atoms with Crippen molar-refractivity contribution in [2.45, 2.75) is 19.5 Å². The third kappa shape index (κ3) is 4.66. The first-order valence-corrected chi connectivity index (χ1v) is 10.1. The van der Waals surface area contributed by atoms with Gasteiger partial charge in [0.25, 0.3) is 5.91 Å². The molecular formula is C24H24N4O3. The number of hydrogen-bond acceptors (Lipinski definition) is 5. The summed E-state index contributed by atoms with van der Waals surface area (Å²) >= 11 is 0. The number of hydrogen-bond donors (Lipinski definition) is 1. The average Bonchev–Trinajstić information content (AvgIpc) is 3.18. The molecule has 1 atom stereocenters. The number of fused-ring (bicyclic) bond motifs is 1. The molecule has 0 radical (unpaired) electrons. The lowest BCUT2D eigenvalue weighted by Gasteiger charge is -2.17. The molecule has 0 saturated heterocycles. The van der Waals surface area contributed by atoms with Gasteiger partial charge in [-0.25, -0.2) is 4.98 Å². The highest BCUT2D eigenvalue weighted by molar-refractivity contribution is 5.94. The number of methoxy groups -OCH3 is 1. The van der Waals surface area contributed by atoms with E-state index in [1.165, 1.54) is 0 Å². The fourth-order valence-electron chi connectivity index (χ4n) is 3.45. The summed E-state index contributed by atoms with van der Waals surface area (Å²) in [5.41, 5.74) is 2.38. The normalized spacial score (nSPS) is 11.8. The average molecular weight is 416 g/mol. The van der Waals surface area contributed by atoms with Crippen LogP contribution >= 0.6 is 0 Å². The largest absolute Gasteiger partial charge is 0.497 e. The number of pyridine rings is 1. The first kappa shape index (κ1) is 20.4. The molecule has 1 N–H and O–H groups in total. The van der Waals surface area contributed by atoms with Crippen molar-refractivity contribution in [1.82, 2.24) is 19.9 Å². The van der Waals surface area contributed by atoms with E-state index in [-0.39, 0.29) is 11.9 Å². The van der Waals surface area contributed by atoms with Gasteiger partial charge in [0, 0.05) is 18.5 Å². The van der Waals surface area contributed by atoms with Crippen LogP contribution in [0.3, 0.4) is 0 Å². The van der Waals surface area contributed by atoms with Crippen molar-refractivity contribution in [1.29, 1.82) is 0 Å². The zero-order chi connectivity index (χ0) is 21.6. The van der Waals surface area contributed by atoms with Crippen molar-refractivity contribution in [3.8, 4) is 11.5 Å². The van der Waals surface area contributed by atoms with Crippen LogP contribution in [0.4, 0.5) is 0 Å². The molecule has 1 unspecified atom stereocenters. The minimum Gasteiger partial charge on any atom is -0.497 e. The Balaban J connectivity index is 1.53. The van der Waals surface area contributed by atoms with Crippen LogP contribution < -0.4 is 14.8 Å². The maximum absolute atomic E-state index is 12.6. The lowest BCUT2D eigenvalue weighted by Crippen LogP contribution is -2.29. The Morgan fingerprint density at radius 1 is 1.10 bits per heavy atom. The molecule has 7 heteroatoms. The molecule has 1 amide bonds. The van der Waals surface area contributed by atoms with E-state index in [1.807, 2.05) is 55.5 Å². The summed E-state index contributed by atoms with van der Waals surface area (Å²) in [6.45, 7) is 2.96. The maximum atomic E-state index is 12.6. The third-order valence-electron chi connectivity index (χ3n) is 4.97. The maximum Gasteiger partial charge on any atom is 0.253 e. The zero-order valence-corrected chi connectivity index (χ0v) is 17.5. The molecule has 4 aromatic rings. The molecule has 158 valence electrons. The minimum atomic E-state index is -0.295. The highest BCUT2D eigenvalue weighted by Gasteiger charge is 2.19. The molecule has 0 bridgehead atoms. The van der Waals surface area contributed by atoms with Gasteiger partial charge in [-0.2, -0.15) is 0 Å². The summed E-state index contributed by atoms with van der Waals surface area (Å²) in [6.07, 6.45) is 3.19. The van der Waals surface area contributed by atoms with E-state index >= 15 is 0 Å². The molecule has 2 aromatic carbocycles. The molecule has 0 aliphatic rings. The summed E-state index contributed by atoms with van der Waals surface area (Å²) in [7, 11) is 1.63. The topological polar surface area (TPSA) is 78.3 Å². The second-order valence-corrected chi connectivity index (χ2v) is 7.07. The number of nitrogens with one attached hydrogen (secondary N) is 1. The molecule has 0 saturated carbocycles. The number of carbonyl (C=O) groups excluding carboxylic acids is 1. The van der Waals surface area contributed by atoms with Gasteiger partial charge < -0.3 is 19.4 Å². The van der Waals surface area contributed by atoms with E-state index in [0.717, 1.165) is 28.4 Å². The van der Waals surface area contributed by atoms with Gasteiger partial charge in [0.2, 0.25) is 0 Å². The number of nitrogens with zero attached hydrogens (tertiary/aromatic N) is 3. The Labute approximate surface area is 180 Å². The quantitative estimate of drug-likeness (QED) is 0.470. The van der Waals surface area contributed by atoms with Crippen molar-refractivity contribution in [2.75, 3.05) is 13.7 Å². The van der Waals surface area contributed by atoms with Crippen molar-refractivity contribution >= 4 is 16.9 Å². The summed E-state index contributed by atoms with van der Waals surface area (Å²) in [4.78, 5) is 21.4. The molecule has 2 heterocycles. The van der Waals surface area contributed by atoms with Gasteiger partial charge in [-0.05, 0) is 43.3 Å². The number of imidazole rings is 1. The summed E-state index contributed by atoms with van der Waals surface area (Å²) in [5, 5.41) is 3.02. The monoisotopic (exact) mass is 416 g/mol. The zero-order valence-electron chi connectivity index (χ0n) is 17.5. The van der Waals surface area contributed by atoms with E-state index in [2.05, 4.69) is 14.9 Å². The number of benzene rings is 2. The molecule has 0 spiro atoms.